The maximum absolute atomic E-state index is 3.43. The first-order valence-electron chi connectivity index (χ1n) is 4.84. The van der Waals surface area contributed by atoms with Gasteiger partial charge in [-0.25, -0.2) is 0 Å². The molecule has 3 rings (SSSR count). The van der Waals surface area contributed by atoms with Crippen LogP contribution in [0, 0.1) is 0 Å². The minimum atomic E-state index is 0.904. The van der Waals surface area contributed by atoms with Crippen molar-refractivity contribution in [1.82, 2.24) is 9.88 Å². The molecule has 0 aromatic carbocycles. The van der Waals surface area contributed by atoms with Crippen LogP contribution in [0.2, 0.25) is 0 Å². The van der Waals surface area contributed by atoms with E-state index in [9.17, 15) is 0 Å². The number of nitrogens with one attached hydrogen (secondary N) is 1. The molecule has 1 fully saturated rings. The third-order valence-electron chi connectivity index (χ3n) is 2.95. The number of aromatic nitrogens is 1. The van der Waals surface area contributed by atoms with Crippen molar-refractivity contribution in [3.63, 3.8) is 0 Å². The lowest BCUT2D eigenvalue weighted by Gasteiger charge is -2.17. The van der Waals surface area contributed by atoms with Crippen LogP contribution in [0.1, 0.15) is 30.0 Å². The predicted octanol–water partition coefficient (Wildman–Crippen LogP) is 1.47. The van der Waals surface area contributed by atoms with Gasteiger partial charge in [-0.1, -0.05) is 0 Å². The van der Waals surface area contributed by atoms with E-state index in [-0.39, 0.29) is 0 Å². The Morgan fingerprint density at radius 2 is 2.33 bits per heavy atom. The fourth-order valence-electron chi connectivity index (χ4n) is 2.11. The van der Waals surface area contributed by atoms with Crippen molar-refractivity contribution in [2.24, 2.45) is 0 Å². The van der Waals surface area contributed by atoms with Gasteiger partial charge in [0, 0.05) is 31.5 Å². The largest absolute Gasteiger partial charge is 0.349 e. The van der Waals surface area contributed by atoms with Crippen molar-refractivity contribution in [2.45, 2.75) is 31.8 Å². The molecule has 0 unspecified atom stereocenters. The third kappa shape index (κ3) is 0.911. The van der Waals surface area contributed by atoms with E-state index in [0.29, 0.717) is 0 Å². The van der Waals surface area contributed by atoms with Crippen molar-refractivity contribution in [2.75, 3.05) is 6.54 Å². The fourth-order valence-corrected chi connectivity index (χ4v) is 2.11. The first-order chi connectivity index (χ1) is 5.95. The van der Waals surface area contributed by atoms with E-state index in [2.05, 4.69) is 22.1 Å². The second-order valence-electron chi connectivity index (χ2n) is 3.86. The van der Waals surface area contributed by atoms with Gasteiger partial charge < -0.3 is 9.88 Å². The quantitative estimate of drug-likeness (QED) is 0.661. The molecular weight excluding hydrogens is 148 g/mol. The molecule has 1 aliphatic heterocycles. The Hall–Kier alpha value is -0.760. The monoisotopic (exact) mass is 162 g/mol. The number of fused-ring (bicyclic) bond motifs is 1. The molecule has 1 saturated carbocycles. The lowest BCUT2D eigenvalue weighted by molar-refractivity contribution is 0.513. The predicted molar refractivity (Wildman–Crippen MR) is 48.1 cm³/mol. The Balaban J connectivity index is 2.03. The summed E-state index contributed by atoms with van der Waals surface area (Å²) in [6.45, 7) is 3.37. The van der Waals surface area contributed by atoms with Crippen LogP contribution in [0.3, 0.4) is 0 Å². The van der Waals surface area contributed by atoms with Gasteiger partial charge in [0.25, 0.3) is 0 Å². The highest BCUT2D eigenvalue weighted by atomic mass is 15.1. The summed E-state index contributed by atoms with van der Waals surface area (Å²) in [6, 6.07) is 2.32. The molecule has 0 atom stereocenters. The zero-order valence-electron chi connectivity index (χ0n) is 7.21. The molecule has 2 aliphatic rings. The summed E-state index contributed by atoms with van der Waals surface area (Å²) in [5.41, 5.74) is 3.16. The Bertz CT molecular complexity index is 297. The highest BCUT2D eigenvalue weighted by Gasteiger charge is 2.28. The third-order valence-corrected chi connectivity index (χ3v) is 2.95. The van der Waals surface area contributed by atoms with Gasteiger partial charge in [0.15, 0.2) is 0 Å². The van der Waals surface area contributed by atoms with Gasteiger partial charge in [-0.2, -0.15) is 0 Å². The summed E-state index contributed by atoms with van der Waals surface area (Å²) in [4.78, 5) is 0. The molecule has 0 radical (unpaired) electrons. The summed E-state index contributed by atoms with van der Waals surface area (Å²) >= 11 is 0. The molecule has 1 N–H and O–H groups in total. The highest BCUT2D eigenvalue weighted by Crippen LogP contribution is 2.42. The smallest absolute Gasteiger partial charge is 0.0362 e. The van der Waals surface area contributed by atoms with Gasteiger partial charge in [0.1, 0.15) is 0 Å². The van der Waals surface area contributed by atoms with Crippen LogP contribution in [0.4, 0.5) is 0 Å². The first-order valence-corrected chi connectivity index (χ1v) is 4.84. The lowest BCUT2D eigenvalue weighted by Crippen LogP contribution is -2.27. The van der Waals surface area contributed by atoms with Crippen LogP contribution in [0.5, 0.6) is 0 Å². The summed E-state index contributed by atoms with van der Waals surface area (Å²) < 4.78 is 2.41. The molecule has 1 aliphatic carbocycles. The molecule has 12 heavy (non-hydrogen) atoms. The van der Waals surface area contributed by atoms with Gasteiger partial charge in [0.05, 0.1) is 0 Å². The van der Waals surface area contributed by atoms with Crippen molar-refractivity contribution in [3.8, 4) is 0 Å². The Morgan fingerprint density at radius 1 is 1.42 bits per heavy atom. The van der Waals surface area contributed by atoms with E-state index < -0.39 is 0 Å². The second-order valence-corrected chi connectivity index (χ2v) is 3.86. The molecule has 0 saturated heterocycles. The highest BCUT2D eigenvalue weighted by molar-refractivity contribution is 5.30. The molecule has 1 aromatic rings. The van der Waals surface area contributed by atoms with Crippen molar-refractivity contribution >= 4 is 0 Å². The minimum Gasteiger partial charge on any atom is -0.349 e. The number of hydrogen-bond acceptors (Lipinski definition) is 1. The van der Waals surface area contributed by atoms with Crippen LogP contribution < -0.4 is 5.32 Å². The molecule has 1 aromatic heterocycles. The molecule has 2 nitrogen and oxygen atoms in total. The summed E-state index contributed by atoms with van der Waals surface area (Å²) in [5.74, 6) is 0.904. The topological polar surface area (TPSA) is 17.0 Å². The molecular formula is C10H14N2. The maximum Gasteiger partial charge on any atom is 0.0362 e. The second kappa shape index (κ2) is 2.36. The zero-order valence-corrected chi connectivity index (χ0v) is 7.21. The first kappa shape index (κ1) is 6.72. The fraction of sp³-hybridized carbons (Fsp3) is 0.600. The normalized spacial score (nSPS) is 22.3. The standard InChI is InChI=1S/C10H14N2/c1-2-8(1)9-3-5-12-6-4-11-7-10(9)12/h3,5,8,11H,1-2,4,6-7H2. The van der Waals surface area contributed by atoms with Crippen molar-refractivity contribution < 1.29 is 0 Å². The minimum absolute atomic E-state index is 0.904. The zero-order chi connectivity index (χ0) is 7.97. The summed E-state index contributed by atoms with van der Waals surface area (Å²) in [6.07, 6.45) is 5.08. The van der Waals surface area contributed by atoms with Gasteiger partial charge >= 0.3 is 0 Å². The van der Waals surface area contributed by atoms with E-state index in [4.69, 9.17) is 0 Å². The Labute approximate surface area is 72.6 Å². The van der Waals surface area contributed by atoms with Crippen LogP contribution >= 0.6 is 0 Å². The van der Waals surface area contributed by atoms with E-state index in [1.807, 2.05) is 0 Å². The van der Waals surface area contributed by atoms with E-state index in [1.54, 1.807) is 11.3 Å². The Kier molecular flexibility index (Phi) is 1.32. The van der Waals surface area contributed by atoms with Gasteiger partial charge in [-0.3, -0.25) is 0 Å². The maximum atomic E-state index is 3.43. The van der Waals surface area contributed by atoms with Crippen LogP contribution in [-0.4, -0.2) is 11.1 Å². The average molecular weight is 162 g/mol. The van der Waals surface area contributed by atoms with Gasteiger partial charge in [-0.15, -0.1) is 0 Å². The number of hydrogen-bond donors (Lipinski definition) is 1. The number of rotatable bonds is 1. The van der Waals surface area contributed by atoms with Gasteiger partial charge in [0.2, 0.25) is 0 Å². The molecule has 2 heteroatoms. The molecule has 64 valence electrons. The van der Waals surface area contributed by atoms with Crippen molar-refractivity contribution in [3.05, 3.63) is 23.5 Å². The van der Waals surface area contributed by atoms with E-state index in [1.165, 1.54) is 12.8 Å². The number of nitrogens with zero attached hydrogens (tertiary/aromatic N) is 1. The summed E-state index contributed by atoms with van der Waals surface area (Å²) in [7, 11) is 0. The summed E-state index contributed by atoms with van der Waals surface area (Å²) in [5, 5.41) is 3.43. The van der Waals surface area contributed by atoms with Crippen LogP contribution in [0.25, 0.3) is 0 Å². The molecule has 0 amide bonds. The Morgan fingerprint density at radius 3 is 3.17 bits per heavy atom. The SMILES string of the molecule is c1cn2c(c1C1CC1)CNCC2. The van der Waals surface area contributed by atoms with E-state index in [0.717, 1.165) is 25.6 Å². The lowest BCUT2D eigenvalue weighted by atomic mass is 10.1. The molecule has 2 heterocycles. The molecule has 0 spiro atoms. The van der Waals surface area contributed by atoms with Crippen molar-refractivity contribution in [1.29, 1.82) is 0 Å². The van der Waals surface area contributed by atoms with E-state index >= 15 is 0 Å². The molecule has 0 bridgehead atoms. The van der Waals surface area contributed by atoms with Gasteiger partial charge in [-0.05, 0) is 30.4 Å². The average Bonchev–Trinajstić information content (AvgIpc) is 2.86. The van der Waals surface area contributed by atoms with Crippen LogP contribution in [-0.2, 0) is 13.1 Å². The van der Waals surface area contributed by atoms with Crippen LogP contribution in [0.15, 0.2) is 12.3 Å².